The van der Waals surface area contributed by atoms with Gasteiger partial charge in [-0.15, -0.1) is 0 Å². The molecule has 200 valence electrons. The van der Waals surface area contributed by atoms with Gasteiger partial charge in [0.25, 0.3) is 0 Å². The third-order valence-electron chi connectivity index (χ3n) is 10.3. The summed E-state index contributed by atoms with van der Waals surface area (Å²) in [6, 6.07) is 8.92. The van der Waals surface area contributed by atoms with Gasteiger partial charge in [-0.05, 0) is 73.8 Å². The van der Waals surface area contributed by atoms with Crippen LogP contribution in [0.1, 0.15) is 57.3 Å². The van der Waals surface area contributed by atoms with Gasteiger partial charge in [-0.3, -0.25) is 9.59 Å². The van der Waals surface area contributed by atoms with E-state index < -0.39 is 46.4 Å². The minimum absolute atomic E-state index is 0.0619. The Morgan fingerprint density at radius 1 is 1.13 bits per heavy atom. The van der Waals surface area contributed by atoms with Gasteiger partial charge in [0.05, 0.1) is 11.7 Å². The fourth-order valence-corrected chi connectivity index (χ4v) is 8.41. The number of allylic oxidation sites excluding steroid dienone is 3. The number of epoxide rings is 1. The SMILES string of the molecule is CC(=O)OCC(=O)[C@@]1(O)[C@H](C)CC2C3CC=C4C=C(OC(=O)c5ccccc5)C=C[C@]4(C)[C@@]34O[C@H]4C[C@@]21C. The Bertz CT molecular complexity index is 1310. The van der Waals surface area contributed by atoms with Crippen molar-refractivity contribution in [2.45, 2.75) is 64.3 Å². The second-order valence-electron chi connectivity index (χ2n) is 12.1. The Balaban J connectivity index is 1.29. The molecule has 1 aliphatic heterocycles. The van der Waals surface area contributed by atoms with Crippen LogP contribution in [-0.2, 0) is 23.8 Å². The van der Waals surface area contributed by atoms with E-state index in [1.165, 1.54) is 6.92 Å². The Labute approximate surface area is 222 Å². The quantitative estimate of drug-likeness (QED) is 0.458. The van der Waals surface area contributed by atoms with Gasteiger partial charge in [0, 0.05) is 17.8 Å². The molecule has 0 bridgehead atoms. The van der Waals surface area contributed by atoms with Gasteiger partial charge in [-0.25, -0.2) is 4.79 Å². The second-order valence-corrected chi connectivity index (χ2v) is 12.1. The standard InChI is InChI=1S/C31H34O7/c1-18-14-24-23-11-10-21-15-22(37-27(34)20-8-6-5-7-9-20)12-13-28(21,3)31(23)26(38-31)16-29(24,4)30(18,35)25(33)17-36-19(2)32/h5-10,12-13,15,18,23-24,26,35H,11,14,16-17H2,1-4H3/t18-,23?,24?,26+,28+,29+,30+,31-/m1/s1. The molecule has 2 saturated carbocycles. The van der Waals surface area contributed by atoms with Gasteiger partial charge in [-0.2, -0.15) is 0 Å². The van der Waals surface area contributed by atoms with Crippen LogP contribution in [0.15, 0.2) is 66.0 Å². The average molecular weight is 519 g/mol. The van der Waals surface area contributed by atoms with E-state index >= 15 is 0 Å². The molecule has 2 unspecified atom stereocenters. The molecule has 8 atom stereocenters. The summed E-state index contributed by atoms with van der Waals surface area (Å²) in [5.41, 5.74) is -1.58. The molecule has 1 aromatic carbocycles. The van der Waals surface area contributed by atoms with Crippen molar-refractivity contribution in [2.24, 2.45) is 28.6 Å². The molecule has 1 saturated heterocycles. The summed E-state index contributed by atoms with van der Waals surface area (Å²) >= 11 is 0. The number of ether oxygens (including phenoxy) is 3. The minimum atomic E-state index is -1.59. The van der Waals surface area contributed by atoms with Crippen molar-refractivity contribution in [1.29, 1.82) is 0 Å². The van der Waals surface area contributed by atoms with Crippen LogP contribution in [0.5, 0.6) is 0 Å². The number of ketones is 1. The summed E-state index contributed by atoms with van der Waals surface area (Å²) in [5.74, 6) is -0.955. The van der Waals surface area contributed by atoms with Gasteiger partial charge >= 0.3 is 11.9 Å². The smallest absolute Gasteiger partial charge is 0.343 e. The molecule has 0 aromatic heterocycles. The number of rotatable bonds is 5. The molecule has 6 rings (SSSR count). The highest BCUT2D eigenvalue weighted by Crippen LogP contribution is 2.75. The van der Waals surface area contributed by atoms with Crippen molar-refractivity contribution >= 4 is 17.7 Å². The molecular weight excluding hydrogens is 484 g/mol. The topological polar surface area (TPSA) is 102 Å². The fourth-order valence-electron chi connectivity index (χ4n) is 8.41. The molecule has 1 N–H and O–H groups in total. The molecule has 0 amide bonds. The molecule has 1 aromatic rings. The first-order valence-electron chi connectivity index (χ1n) is 13.4. The van der Waals surface area contributed by atoms with Crippen molar-refractivity contribution in [3.8, 4) is 0 Å². The molecule has 38 heavy (non-hydrogen) atoms. The normalized spacial score (nSPS) is 41.9. The van der Waals surface area contributed by atoms with E-state index in [1.807, 2.05) is 32.1 Å². The van der Waals surface area contributed by atoms with Gasteiger partial charge in [-0.1, -0.05) is 44.2 Å². The predicted molar refractivity (Wildman–Crippen MR) is 138 cm³/mol. The summed E-state index contributed by atoms with van der Waals surface area (Å²) in [4.78, 5) is 37.3. The zero-order valence-electron chi connectivity index (χ0n) is 22.2. The maximum atomic E-state index is 13.3. The van der Waals surface area contributed by atoms with Gasteiger partial charge in [0.2, 0.25) is 5.78 Å². The van der Waals surface area contributed by atoms with Crippen LogP contribution >= 0.6 is 0 Å². The predicted octanol–water partition coefficient (Wildman–Crippen LogP) is 4.32. The first-order valence-corrected chi connectivity index (χ1v) is 13.4. The van der Waals surface area contributed by atoms with Crippen molar-refractivity contribution in [3.05, 3.63) is 71.5 Å². The zero-order chi connectivity index (χ0) is 27.1. The first kappa shape index (κ1) is 25.3. The van der Waals surface area contributed by atoms with E-state index in [2.05, 4.69) is 19.1 Å². The molecule has 5 aliphatic rings. The summed E-state index contributed by atoms with van der Waals surface area (Å²) in [6.45, 7) is 6.96. The number of hydrogen-bond acceptors (Lipinski definition) is 7. The van der Waals surface area contributed by atoms with Crippen molar-refractivity contribution in [2.75, 3.05) is 6.61 Å². The van der Waals surface area contributed by atoms with Gasteiger partial charge in [0.1, 0.15) is 17.0 Å². The number of carbonyl (C=O) groups is 3. The highest BCUT2D eigenvalue weighted by molar-refractivity contribution is 5.91. The first-order chi connectivity index (χ1) is 18.0. The zero-order valence-corrected chi connectivity index (χ0v) is 22.2. The van der Waals surface area contributed by atoms with Crippen LogP contribution in [-0.4, -0.2) is 46.7 Å². The van der Waals surface area contributed by atoms with Crippen molar-refractivity contribution in [1.82, 2.24) is 0 Å². The molecule has 1 spiro atoms. The summed E-state index contributed by atoms with van der Waals surface area (Å²) in [7, 11) is 0. The lowest BCUT2D eigenvalue weighted by atomic mass is 9.48. The highest BCUT2D eigenvalue weighted by Gasteiger charge is 2.81. The maximum absolute atomic E-state index is 13.3. The largest absolute Gasteiger partial charge is 0.458 e. The lowest BCUT2D eigenvalue weighted by molar-refractivity contribution is -0.170. The van der Waals surface area contributed by atoms with E-state index in [9.17, 15) is 19.5 Å². The molecule has 7 heteroatoms. The molecule has 1 heterocycles. The Morgan fingerprint density at radius 2 is 1.87 bits per heavy atom. The molecular formula is C31H34O7. The average Bonchev–Trinajstić information content (AvgIpc) is 3.57. The Hall–Kier alpha value is -3.03. The van der Waals surface area contributed by atoms with Crippen LogP contribution < -0.4 is 0 Å². The number of Topliss-reactive ketones (excluding diaryl/α,β-unsaturated/α-hetero) is 1. The van der Waals surface area contributed by atoms with E-state index in [4.69, 9.17) is 14.2 Å². The third kappa shape index (κ3) is 3.18. The summed E-state index contributed by atoms with van der Waals surface area (Å²) in [5, 5.41) is 11.9. The van der Waals surface area contributed by atoms with Gasteiger partial charge in [0.15, 0.2) is 6.61 Å². The Morgan fingerprint density at radius 3 is 2.58 bits per heavy atom. The fraction of sp³-hybridized carbons (Fsp3) is 0.516. The highest BCUT2D eigenvalue weighted by atomic mass is 16.6. The van der Waals surface area contributed by atoms with Crippen molar-refractivity contribution in [3.63, 3.8) is 0 Å². The molecule has 4 aliphatic carbocycles. The lowest BCUT2D eigenvalue weighted by Gasteiger charge is -2.54. The van der Waals surface area contributed by atoms with Crippen LogP contribution in [0.3, 0.4) is 0 Å². The number of fused-ring (bicyclic) bond motifs is 3. The molecule has 0 radical (unpaired) electrons. The minimum Gasteiger partial charge on any atom is -0.458 e. The third-order valence-corrected chi connectivity index (χ3v) is 10.3. The number of carbonyl (C=O) groups excluding carboxylic acids is 3. The number of benzene rings is 1. The Kier molecular flexibility index (Phi) is 5.47. The second kappa shape index (κ2) is 8.23. The monoisotopic (exact) mass is 518 g/mol. The summed E-state index contributed by atoms with van der Waals surface area (Å²) < 4.78 is 17.3. The molecule has 3 fully saturated rings. The van der Waals surface area contributed by atoms with E-state index in [-0.39, 0.29) is 23.9 Å². The lowest BCUT2D eigenvalue weighted by Crippen LogP contribution is -2.62. The number of esters is 2. The van der Waals surface area contributed by atoms with Gasteiger partial charge < -0.3 is 19.3 Å². The molecule has 7 nitrogen and oxygen atoms in total. The van der Waals surface area contributed by atoms with Crippen LogP contribution in [0, 0.1) is 28.6 Å². The number of hydrogen-bond donors (Lipinski definition) is 1. The van der Waals surface area contributed by atoms with Crippen LogP contribution in [0.4, 0.5) is 0 Å². The van der Waals surface area contributed by atoms with E-state index in [0.29, 0.717) is 24.2 Å². The van der Waals surface area contributed by atoms with E-state index in [0.717, 1.165) is 12.0 Å². The van der Waals surface area contributed by atoms with E-state index in [1.54, 1.807) is 24.3 Å². The van der Waals surface area contributed by atoms with Crippen LogP contribution in [0.2, 0.25) is 0 Å². The maximum Gasteiger partial charge on any atom is 0.343 e. The number of aliphatic hydroxyl groups is 1. The van der Waals surface area contributed by atoms with Crippen molar-refractivity contribution < 1.29 is 33.7 Å². The summed E-state index contributed by atoms with van der Waals surface area (Å²) in [6.07, 6.45) is 9.96. The van der Waals surface area contributed by atoms with Crippen LogP contribution in [0.25, 0.3) is 0 Å².